The zero-order valence-corrected chi connectivity index (χ0v) is 16.1. The summed E-state index contributed by atoms with van der Waals surface area (Å²) in [6.45, 7) is 17.9. The molecular weight excluding hydrogens is 294 g/mol. The summed E-state index contributed by atoms with van der Waals surface area (Å²) in [5.74, 6) is 0.882. The van der Waals surface area contributed by atoms with Crippen LogP contribution in [-0.4, -0.2) is 61.2 Å². The van der Waals surface area contributed by atoms with Crippen molar-refractivity contribution in [3.8, 4) is 0 Å². The first-order valence-corrected chi connectivity index (χ1v) is 9.71. The van der Waals surface area contributed by atoms with Crippen LogP contribution in [0, 0.1) is 12.8 Å². The van der Waals surface area contributed by atoms with Crippen molar-refractivity contribution in [2.75, 3.05) is 50.7 Å². The molecule has 0 N–H and O–H groups in total. The number of piperazine rings is 1. The maximum absolute atomic E-state index is 2.70. The highest BCUT2D eigenvalue weighted by atomic mass is 15.3. The second-order valence-corrected chi connectivity index (χ2v) is 8.72. The molecule has 0 atom stereocenters. The Kier molecular flexibility index (Phi) is 5.51. The van der Waals surface area contributed by atoms with Gasteiger partial charge in [-0.3, -0.25) is 4.90 Å². The zero-order chi connectivity index (χ0) is 17.2. The fourth-order valence-electron chi connectivity index (χ4n) is 4.10. The Balaban J connectivity index is 1.42. The SMILES string of the molecule is Cc1ccc(N2CCC(CN3CCN(C(C)(C)C)CC3)CC2)cc1. The Hall–Kier alpha value is -1.06. The van der Waals surface area contributed by atoms with E-state index in [1.807, 2.05) is 0 Å². The van der Waals surface area contributed by atoms with Crippen molar-refractivity contribution >= 4 is 5.69 Å². The van der Waals surface area contributed by atoms with Crippen LogP contribution in [-0.2, 0) is 0 Å². The Morgan fingerprint density at radius 2 is 1.46 bits per heavy atom. The van der Waals surface area contributed by atoms with Gasteiger partial charge < -0.3 is 9.80 Å². The lowest BCUT2D eigenvalue weighted by molar-refractivity contribution is 0.0533. The van der Waals surface area contributed by atoms with Crippen molar-refractivity contribution in [2.45, 2.75) is 46.1 Å². The van der Waals surface area contributed by atoms with Gasteiger partial charge in [0.2, 0.25) is 0 Å². The molecule has 0 aliphatic carbocycles. The molecule has 2 saturated heterocycles. The van der Waals surface area contributed by atoms with E-state index in [2.05, 4.69) is 66.7 Å². The average molecular weight is 330 g/mol. The van der Waals surface area contributed by atoms with Gasteiger partial charge in [-0.25, -0.2) is 0 Å². The van der Waals surface area contributed by atoms with Crippen LogP contribution >= 0.6 is 0 Å². The molecule has 0 amide bonds. The number of benzene rings is 1. The summed E-state index contributed by atoms with van der Waals surface area (Å²) in [4.78, 5) is 7.89. The predicted molar refractivity (Wildman–Crippen MR) is 104 cm³/mol. The molecule has 3 nitrogen and oxygen atoms in total. The maximum atomic E-state index is 2.70. The number of anilines is 1. The predicted octanol–water partition coefficient (Wildman–Crippen LogP) is 3.63. The number of rotatable bonds is 3. The van der Waals surface area contributed by atoms with Crippen LogP contribution in [0.15, 0.2) is 24.3 Å². The van der Waals surface area contributed by atoms with Crippen molar-refractivity contribution in [1.29, 1.82) is 0 Å². The fourth-order valence-corrected chi connectivity index (χ4v) is 4.10. The van der Waals surface area contributed by atoms with Crippen LogP contribution in [0.1, 0.15) is 39.2 Å². The number of hydrogen-bond donors (Lipinski definition) is 0. The molecule has 1 aromatic rings. The maximum Gasteiger partial charge on any atom is 0.0366 e. The van der Waals surface area contributed by atoms with E-state index in [1.165, 1.54) is 69.9 Å². The summed E-state index contributed by atoms with van der Waals surface area (Å²) in [6, 6.07) is 9.02. The lowest BCUT2D eigenvalue weighted by Crippen LogP contribution is -2.54. The minimum absolute atomic E-state index is 0.325. The van der Waals surface area contributed by atoms with Gasteiger partial charge in [0.1, 0.15) is 0 Å². The summed E-state index contributed by atoms with van der Waals surface area (Å²) >= 11 is 0. The fraction of sp³-hybridized carbons (Fsp3) is 0.714. The average Bonchev–Trinajstić information content (AvgIpc) is 2.56. The van der Waals surface area contributed by atoms with E-state index < -0.39 is 0 Å². The second kappa shape index (κ2) is 7.45. The minimum atomic E-state index is 0.325. The number of nitrogens with zero attached hydrogens (tertiary/aromatic N) is 3. The quantitative estimate of drug-likeness (QED) is 0.838. The molecule has 2 fully saturated rings. The molecule has 0 saturated carbocycles. The summed E-state index contributed by atoms with van der Waals surface area (Å²) in [7, 11) is 0. The smallest absolute Gasteiger partial charge is 0.0366 e. The van der Waals surface area contributed by atoms with Crippen LogP contribution < -0.4 is 4.90 Å². The Morgan fingerprint density at radius 1 is 0.875 bits per heavy atom. The van der Waals surface area contributed by atoms with Crippen molar-refractivity contribution in [2.24, 2.45) is 5.92 Å². The first-order chi connectivity index (χ1) is 11.4. The van der Waals surface area contributed by atoms with Crippen LogP contribution in [0.2, 0.25) is 0 Å². The first-order valence-electron chi connectivity index (χ1n) is 9.71. The molecule has 0 spiro atoms. The monoisotopic (exact) mass is 329 g/mol. The highest BCUT2D eigenvalue weighted by Gasteiger charge is 2.28. The topological polar surface area (TPSA) is 9.72 Å². The van der Waals surface area contributed by atoms with Crippen LogP contribution in [0.25, 0.3) is 0 Å². The third kappa shape index (κ3) is 4.52. The van der Waals surface area contributed by atoms with Gasteiger partial charge >= 0.3 is 0 Å². The Bertz CT molecular complexity index is 501. The molecule has 0 aromatic heterocycles. The van der Waals surface area contributed by atoms with Crippen LogP contribution in [0.3, 0.4) is 0 Å². The highest BCUT2D eigenvalue weighted by Crippen LogP contribution is 2.25. The van der Waals surface area contributed by atoms with Crippen molar-refractivity contribution in [3.63, 3.8) is 0 Å². The molecule has 2 aliphatic heterocycles. The van der Waals surface area contributed by atoms with Gasteiger partial charge in [-0.15, -0.1) is 0 Å². The summed E-state index contributed by atoms with van der Waals surface area (Å²) < 4.78 is 0. The van der Waals surface area contributed by atoms with E-state index in [0.717, 1.165) is 5.92 Å². The van der Waals surface area contributed by atoms with Gasteiger partial charge in [0, 0.05) is 57.0 Å². The van der Waals surface area contributed by atoms with Gasteiger partial charge in [0.15, 0.2) is 0 Å². The lowest BCUT2D eigenvalue weighted by atomic mass is 9.95. The zero-order valence-electron chi connectivity index (χ0n) is 16.1. The van der Waals surface area contributed by atoms with E-state index in [4.69, 9.17) is 0 Å². The van der Waals surface area contributed by atoms with E-state index in [0.29, 0.717) is 5.54 Å². The molecule has 24 heavy (non-hydrogen) atoms. The third-order valence-electron chi connectivity index (χ3n) is 5.85. The highest BCUT2D eigenvalue weighted by molar-refractivity contribution is 5.47. The molecule has 3 heteroatoms. The van der Waals surface area contributed by atoms with Crippen LogP contribution in [0.4, 0.5) is 5.69 Å². The molecule has 2 heterocycles. The van der Waals surface area contributed by atoms with Gasteiger partial charge in [0.25, 0.3) is 0 Å². The molecule has 0 bridgehead atoms. The minimum Gasteiger partial charge on any atom is -0.372 e. The van der Waals surface area contributed by atoms with Crippen molar-refractivity contribution in [1.82, 2.24) is 9.80 Å². The van der Waals surface area contributed by atoms with Gasteiger partial charge in [-0.05, 0) is 58.6 Å². The largest absolute Gasteiger partial charge is 0.372 e. The molecule has 0 radical (unpaired) electrons. The normalized spacial score (nSPS) is 22.1. The van der Waals surface area contributed by atoms with Crippen LogP contribution in [0.5, 0.6) is 0 Å². The summed E-state index contributed by atoms with van der Waals surface area (Å²) in [5.41, 5.74) is 3.08. The summed E-state index contributed by atoms with van der Waals surface area (Å²) in [5, 5.41) is 0. The van der Waals surface area contributed by atoms with E-state index in [9.17, 15) is 0 Å². The van der Waals surface area contributed by atoms with Gasteiger partial charge in [-0.1, -0.05) is 17.7 Å². The second-order valence-electron chi connectivity index (χ2n) is 8.72. The van der Waals surface area contributed by atoms with Gasteiger partial charge in [-0.2, -0.15) is 0 Å². The number of aryl methyl sites for hydroxylation is 1. The van der Waals surface area contributed by atoms with E-state index >= 15 is 0 Å². The standard InChI is InChI=1S/C21H35N3/c1-18-5-7-20(8-6-18)23-11-9-19(10-12-23)17-22-13-15-24(16-14-22)21(2,3)4/h5-8,19H,9-17H2,1-4H3. The lowest BCUT2D eigenvalue weighted by Gasteiger charge is -2.43. The first kappa shape index (κ1) is 17.8. The molecule has 134 valence electrons. The van der Waals surface area contributed by atoms with E-state index in [-0.39, 0.29) is 0 Å². The molecule has 2 aliphatic rings. The summed E-state index contributed by atoms with van der Waals surface area (Å²) in [6.07, 6.45) is 2.68. The Morgan fingerprint density at radius 3 is 2.00 bits per heavy atom. The van der Waals surface area contributed by atoms with Crippen molar-refractivity contribution in [3.05, 3.63) is 29.8 Å². The molecule has 0 unspecified atom stereocenters. The number of piperidine rings is 1. The molecule has 1 aromatic carbocycles. The molecular formula is C21H35N3. The molecule has 3 rings (SSSR count). The third-order valence-corrected chi connectivity index (χ3v) is 5.85. The van der Waals surface area contributed by atoms with Crippen molar-refractivity contribution < 1.29 is 0 Å². The number of hydrogen-bond acceptors (Lipinski definition) is 3. The Labute approximate surface area is 148 Å². The van der Waals surface area contributed by atoms with Gasteiger partial charge in [0.05, 0.1) is 0 Å². The van der Waals surface area contributed by atoms with E-state index in [1.54, 1.807) is 0 Å².